The van der Waals surface area contributed by atoms with Gasteiger partial charge in [0.2, 0.25) is 0 Å². The van der Waals surface area contributed by atoms with Gasteiger partial charge < -0.3 is 9.47 Å². The van der Waals surface area contributed by atoms with Crippen molar-refractivity contribution in [3.63, 3.8) is 0 Å². The third-order valence-electron chi connectivity index (χ3n) is 3.10. The molecule has 2 aromatic rings. The van der Waals surface area contributed by atoms with Crippen LogP contribution >= 0.6 is 11.6 Å². The molecule has 0 saturated carbocycles. The third kappa shape index (κ3) is 4.87. The van der Waals surface area contributed by atoms with Crippen molar-refractivity contribution in [2.45, 2.75) is 24.8 Å². The van der Waals surface area contributed by atoms with Crippen molar-refractivity contribution in [1.29, 1.82) is 0 Å². The van der Waals surface area contributed by atoms with E-state index in [1.807, 2.05) is 13.8 Å². The number of carbonyl (C=O) groups excluding carboxylic acids is 1. The zero-order chi connectivity index (χ0) is 18.6. The highest BCUT2D eigenvalue weighted by molar-refractivity contribution is 7.92. The number of hydrogen-bond donors (Lipinski definition) is 1. The lowest BCUT2D eigenvalue weighted by atomic mass is 10.2. The van der Waals surface area contributed by atoms with Crippen LogP contribution in [0, 0.1) is 0 Å². The Morgan fingerprint density at radius 2 is 1.88 bits per heavy atom. The van der Waals surface area contributed by atoms with Crippen LogP contribution in [0.25, 0.3) is 0 Å². The Balaban J connectivity index is 2.35. The Morgan fingerprint density at radius 1 is 1.16 bits per heavy atom. The number of anilines is 1. The largest absolute Gasteiger partial charge is 0.491 e. The maximum Gasteiger partial charge on any atom is 0.337 e. The molecular weight excluding hydrogens is 366 g/mol. The number of carbonyl (C=O) groups is 1. The number of halogens is 1. The van der Waals surface area contributed by atoms with E-state index in [-0.39, 0.29) is 21.6 Å². The summed E-state index contributed by atoms with van der Waals surface area (Å²) in [6.45, 7) is 3.74. The minimum atomic E-state index is -4.00. The van der Waals surface area contributed by atoms with Gasteiger partial charge in [-0.25, -0.2) is 13.2 Å². The van der Waals surface area contributed by atoms with Gasteiger partial charge in [0.25, 0.3) is 10.0 Å². The minimum absolute atomic E-state index is 0.00487. The second kappa shape index (κ2) is 7.76. The van der Waals surface area contributed by atoms with Crippen LogP contribution in [0.15, 0.2) is 47.4 Å². The van der Waals surface area contributed by atoms with Gasteiger partial charge in [-0.05, 0) is 44.2 Å². The van der Waals surface area contributed by atoms with E-state index in [0.717, 1.165) is 0 Å². The SMILES string of the molecule is COC(=O)c1ccc(Cl)c(S(=O)(=O)Nc2cccc(OC(C)C)c2)c1. The molecule has 25 heavy (non-hydrogen) atoms. The van der Waals surface area contributed by atoms with Crippen LogP contribution in [0.5, 0.6) is 5.75 Å². The number of benzene rings is 2. The van der Waals surface area contributed by atoms with Crippen molar-refractivity contribution in [2.75, 3.05) is 11.8 Å². The highest BCUT2D eigenvalue weighted by Gasteiger charge is 2.21. The lowest BCUT2D eigenvalue weighted by Crippen LogP contribution is -2.15. The molecule has 0 radical (unpaired) electrons. The number of nitrogens with one attached hydrogen (secondary N) is 1. The molecule has 2 aromatic carbocycles. The number of ether oxygens (including phenoxy) is 2. The third-order valence-corrected chi connectivity index (χ3v) is 4.96. The van der Waals surface area contributed by atoms with Crippen LogP contribution < -0.4 is 9.46 Å². The molecule has 0 aliphatic rings. The van der Waals surface area contributed by atoms with Crippen LogP contribution in [0.3, 0.4) is 0 Å². The first kappa shape index (κ1) is 19.1. The molecule has 0 saturated heterocycles. The second-order valence-corrected chi connectivity index (χ2v) is 7.49. The van der Waals surface area contributed by atoms with E-state index in [0.29, 0.717) is 11.4 Å². The first-order chi connectivity index (χ1) is 11.7. The van der Waals surface area contributed by atoms with Crippen LogP contribution in [0.4, 0.5) is 5.69 Å². The maximum absolute atomic E-state index is 12.6. The van der Waals surface area contributed by atoms with Crippen LogP contribution in [-0.4, -0.2) is 27.6 Å². The molecule has 1 N–H and O–H groups in total. The number of rotatable bonds is 6. The molecule has 8 heteroatoms. The molecule has 0 aromatic heterocycles. The summed E-state index contributed by atoms with van der Waals surface area (Å²) < 4.78 is 37.8. The Bertz CT molecular complexity index is 880. The van der Waals surface area contributed by atoms with Crippen LogP contribution in [0.2, 0.25) is 5.02 Å². The second-order valence-electron chi connectivity index (χ2n) is 5.44. The lowest BCUT2D eigenvalue weighted by molar-refractivity contribution is 0.0600. The zero-order valence-electron chi connectivity index (χ0n) is 13.9. The van der Waals surface area contributed by atoms with Crippen molar-refractivity contribution in [3.8, 4) is 5.75 Å². The molecule has 134 valence electrons. The van der Waals surface area contributed by atoms with Gasteiger partial charge in [-0.2, -0.15) is 0 Å². The standard InChI is InChI=1S/C17H18ClNO5S/c1-11(2)24-14-6-4-5-13(10-14)19-25(21,22)16-9-12(17(20)23-3)7-8-15(16)18/h4-11,19H,1-3H3. The first-order valence-electron chi connectivity index (χ1n) is 7.40. The van der Waals surface area contributed by atoms with Gasteiger partial charge in [0.1, 0.15) is 10.6 Å². The summed E-state index contributed by atoms with van der Waals surface area (Å²) >= 11 is 6.00. The van der Waals surface area contributed by atoms with Crippen LogP contribution in [-0.2, 0) is 14.8 Å². The number of esters is 1. The number of hydrogen-bond acceptors (Lipinski definition) is 5. The molecule has 0 heterocycles. The molecule has 0 atom stereocenters. The molecule has 0 aliphatic heterocycles. The molecular formula is C17H18ClNO5S. The van der Waals surface area contributed by atoms with Gasteiger partial charge in [0, 0.05) is 6.07 Å². The smallest absolute Gasteiger partial charge is 0.337 e. The highest BCUT2D eigenvalue weighted by atomic mass is 35.5. The van der Waals surface area contributed by atoms with Crippen molar-refractivity contribution < 1.29 is 22.7 Å². The summed E-state index contributed by atoms with van der Waals surface area (Å²) in [5, 5.41) is -0.00487. The van der Waals surface area contributed by atoms with Gasteiger partial charge in [-0.3, -0.25) is 4.72 Å². The van der Waals surface area contributed by atoms with Crippen molar-refractivity contribution in [2.24, 2.45) is 0 Å². The Morgan fingerprint density at radius 3 is 2.52 bits per heavy atom. The molecule has 0 amide bonds. The average Bonchev–Trinajstić information content (AvgIpc) is 2.53. The molecule has 2 rings (SSSR count). The predicted molar refractivity (Wildman–Crippen MR) is 95.8 cm³/mol. The Labute approximate surface area is 151 Å². The predicted octanol–water partition coefficient (Wildman–Crippen LogP) is 3.71. The average molecular weight is 384 g/mol. The quantitative estimate of drug-likeness (QED) is 0.769. The van der Waals surface area contributed by atoms with Gasteiger partial charge in [-0.15, -0.1) is 0 Å². The topological polar surface area (TPSA) is 81.7 Å². The summed E-state index contributed by atoms with van der Waals surface area (Å²) in [5.74, 6) is -0.120. The normalized spacial score (nSPS) is 11.2. The Hall–Kier alpha value is -2.25. The first-order valence-corrected chi connectivity index (χ1v) is 9.26. The van der Waals surface area contributed by atoms with Crippen molar-refractivity contribution in [1.82, 2.24) is 0 Å². The summed E-state index contributed by atoms with van der Waals surface area (Å²) in [6.07, 6.45) is -0.0435. The monoisotopic (exact) mass is 383 g/mol. The van der Waals surface area contributed by atoms with E-state index in [2.05, 4.69) is 9.46 Å². The van der Waals surface area contributed by atoms with Crippen LogP contribution in [0.1, 0.15) is 24.2 Å². The van der Waals surface area contributed by atoms with Crippen molar-refractivity contribution >= 4 is 33.3 Å². The summed E-state index contributed by atoms with van der Waals surface area (Å²) in [4.78, 5) is 11.4. The molecule has 0 fully saturated rings. The van der Waals surface area contributed by atoms with Gasteiger partial charge in [0.05, 0.1) is 29.5 Å². The lowest BCUT2D eigenvalue weighted by Gasteiger charge is -2.13. The van der Waals surface area contributed by atoms with E-state index in [9.17, 15) is 13.2 Å². The maximum atomic E-state index is 12.6. The zero-order valence-corrected chi connectivity index (χ0v) is 15.5. The van der Waals surface area contributed by atoms with E-state index >= 15 is 0 Å². The fourth-order valence-corrected chi connectivity index (χ4v) is 3.65. The van der Waals surface area contributed by atoms with Gasteiger partial charge >= 0.3 is 5.97 Å². The molecule has 6 nitrogen and oxygen atoms in total. The summed E-state index contributed by atoms with van der Waals surface area (Å²) in [6, 6.07) is 10.4. The van der Waals surface area contributed by atoms with Gasteiger partial charge in [-0.1, -0.05) is 17.7 Å². The molecule has 0 bridgehead atoms. The molecule has 0 spiro atoms. The van der Waals surface area contributed by atoms with E-state index in [1.165, 1.54) is 25.3 Å². The fourth-order valence-electron chi connectivity index (χ4n) is 2.07. The highest BCUT2D eigenvalue weighted by Crippen LogP contribution is 2.27. The van der Waals surface area contributed by atoms with E-state index < -0.39 is 16.0 Å². The van der Waals surface area contributed by atoms with E-state index in [4.69, 9.17) is 16.3 Å². The fraction of sp³-hybridized carbons (Fsp3) is 0.235. The Kier molecular flexibility index (Phi) is 5.92. The minimum Gasteiger partial charge on any atom is -0.491 e. The molecule has 0 aliphatic carbocycles. The van der Waals surface area contributed by atoms with Gasteiger partial charge in [0.15, 0.2) is 0 Å². The molecule has 0 unspecified atom stereocenters. The summed E-state index contributed by atoms with van der Waals surface area (Å²) in [5.41, 5.74) is 0.404. The number of methoxy groups -OCH3 is 1. The van der Waals surface area contributed by atoms with E-state index in [1.54, 1.807) is 24.3 Å². The van der Waals surface area contributed by atoms with Crippen molar-refractivity contribution in [3.05, 3.63) is 53.1 Å². The summed E-state index contributed by atoms with van der Waals surface area (Å²) in [7, 11) is -2.79. The number of sulfonamides is 1.